The van der Waals surface area contributed by atoms with E-state index in [4.69, 9.17) is 4.74 Å². The van der Waals surface area contributed by atoms with Gasteiger partial charge in [0.25, 0.3) is 5.91 Å². The highest BCUT2D eigenvalue weighted by Gasteiger charge is 2.31. The molecule has 8 heteroatoms. The van der Waals surface area contributed by atoms with Crippen molar-refractivity contribution >= 4 is 17.8 Å². The fourth-order valence-corrected chi connectivity index (χ4v) is 3.09. The summed E-state index contributed by atoms with van der Waals surface area (Å²) in [4.78, 5) is 40.5. The van der Waals surface area contributed by atoms with E-state index in [1.807, 2.05) is 4.90 Å². The Morgan fingerprint density at radius 1 is 1.18 bits per heavy atom. The third-order valence-electron chi connectivity index (χ3n) is 4.47. The second kappa shape index (κ2) is 6.62. The number of ether oxygens (including phenoxy) is 1. The first-order valence-electron chi connectivity index (χ1n) is 7.86. The van der Waals surface area contributed by atoms with Gasteiger partial charge < -0.3 is 15.0 Å². The van der Waals surface area contributed by atoms with E-state index < -0.39 is 0 Å². The van der Waals surface area contributed by atoms with Crippen LogP contribution in [0.25, 0.3) is 0 Å². The maximum Gasteiger partial charge on any atom is 0.324 e. The molecule has 22 heavy (non-hydrogen) atoms. The van der Waals surface area contributed by atoms with Crippen LogP contribution in [0.15, 0.2) is 0 Å². The zero-order valence-corrected chi connectivity index (χ0v) is 12.6. The van der Waals surface area contributed by atoms with Gasteiger partial charge in [-0.25, -0.2) is 4.79 Å². The average molecular weight is 310 g/mol. The molecule has 3 rings (SSSR count). The van der Waals surface area contributed by atoms with Crippen LogP contribution in [0.1, 0.15) is 12.8 Å². The van der Waals surface area contributed by atoms with Crippen LogP contribution in [0.2, 0.25) is 0 Å². The van der Waals surface area contributed by atoms with Crippen LogP contribution in [0.4, 0.5) is 4.79 Å². The van der Waals surface area contributed by atoms with Crippen molar-refractivity contribution in [1.82, 2.24) is 20.0 Å². The summed E-state index contributed by atoms with van der Waals surface area (Å²) in [6.45, 7) is 4.73. The summed E-state index contributed by atoms with van der Waals surface area (Å²) >= 11 is 0. The molecular weight excluding hydrogens is 288 g/mol. The quantitative estimate of drug-likeness (QED) is 0.664. The molecule has 0 radical (unpaired) electrons. The number of nitrogens with zero attached hydrogens (tertiary/aromatic N) is 3. The van der Waals surface area contributed by atoms with Gasteiger partial charge in [0.15, 0.2) is 0 Å². The summed E-state index contributed by atoms with van der Waals surface area (Å²) in [5, 5.41) is 2.51. The van der Waals surface area contributed by atoms with Gasteiger partial charge in [0, 0.05) is 45.9 Å². The predicted molar refractivity (Wildman–Crippen MR) is 77.1 cm³/mol. The van der Waals surface area contributed by atoms with E-state index in [-0.39, 0.29) is 30.5 Å². The lowest BCUT2D eigenvalue weighted by Crippen LogP contribution is -2.52. The number of amides is 4. The van der Waals surface area contributed by atoms with Crippen molar-refractivity contribution < 1.29 is 19.1 Å². The Kier molecular flexibility index (Phi) is 4.58. The standard InChI is InChI=1S/C14H22N4O4/c19-12-10-15-14(21)18(12)8-5-16-3-6-17(7-4-16)13(20)11-2-1-9-22-11/h11H,1-10H2,(H,15,21). The Labute approximate surface area is 129 Å². The lowest BCUT2D eigenvalue weighted by Gasteiger charge is -2.36. The first kappa shape index (κ1) is 15.2. The summed E-state index contributed by atoms with van der Waals surface area (Å²) in [6.07, 6.45) is 1.53. The molecule has 3 aliphatic rings. The zero-order valence-electron chi connectivity index (χ0n) is 12.6. The van der Waals surface area contributed by atoms with Crippen LogP contribution in [-0.4, -0.2) is 91.1 Å². The maximum absolute atomic E-state index is 12.2. The average Bonchev–Trinajstić information content (AvgIpc) is 3.17. The van der Waals surface area contributed by atoms with Crippen molar-refractivity contribution in [2.24, 2.45) is 0 Å². The molecule has 3 aliphatic heterocycles. The Balaban J connectivity index is 1.41. The Morgan fingerprint density at radius 3 is 2.55 bits per heavy atom. The van der Waals surface area contributed by atoms with Gasteiger partial charge in [0.1, 0.15) is 6.10 Å². The van der Waals surface area contributed by atoms with Gasteiger partial charge in [-0.15, -0.1) is 0 Å². The number of urea groups is 1. The van der Waals surface area contributed by atoms with E-state index in [9.17, 15) is 14.4 Å². The molecule has 3 saturated heterocycles. The molecular formula is C14H22N4O4. The fourth-order valence-electron chi connectivity index (χ4n) is 3.09. The molecule has 4 amide bonds. The monoisotopic (exact) mass is 310 g/mol. The normalized spacial score (nSPS) is 26.6. The third kappa shape index (κ3) is 3.22. The molecule has 0 aromatic carbocycles. The predicted octanol–water partition coefficient (Wildman–Crippen LogP) is -1.14. The summed E-state index contributed by atoms with van der Waals surface area (Å²) in [7, 11) is 0. The number of carbonyl (C=O) groups excluding carboxylic acids is 3. The van der Waals surface area contributed by atoms with Gasteiger partial charge in [-0.2, -0.15) is 0 Å². The molecule has 0 aromatic heterocycles. The summed E-state index contributed by atoms with van der Waals surface area (Å²) in [6, 6.07) is -0.308. The topological polar surface area (TPSA) is 82.2 Å². The molecule has 0 aromatic rings. The Morgan fingerprint density at radius 2 is 1.95 bits per heavy atom. The SMILES string of the molecule is O=C(C1CCCO1)N1CCN(CCN2C(=O)CNC2=O)CC1. The number of carbonyl (C=O) groups is 3. The third-order valence-corrected chi connectivity index (χ3v) is 4.47. The first-order chi connectivity index (χ1) is 10.6. The lowest BCUT2D eigenvalue weighted by molar-refractivity contribution is -0.142. The van der Waals surface area contributed by atoms with Crippen LogP contribution in [0.5, 0.6) is 0 Å². The maximum atomic E-state index is 12.2. The molecule has 122 valence electrons. The van der Waals surface area contributed by atoms with Gasteiger partial charge in [-0.05, 0) is 12.8 Å². The van der Waals surface area contributed by atoms with E-state index in [0.29, 0.717) is 32.8 Å². The van der Waals surface area contributed by atoms with E-state index in [1.165, 1.54) is 4.90 Å². The summed E-state index contributed by atoms with van der Waals surface area (Å²) < 4.78 is 5.44. The van der Waals surface area contributed by atoms with Gasteiger partial charge in [-0.3, -0.25) is 19.4 Å². The second-order valence-corrected chi connectivity index (χ2v) is 5.87. The van der Waals surface area contributed by atoms with Crippen molar-refractivity contribution in [1.29, 1.82) is 0 Å². The second-order valence-electron chi connectivity index (χ2n) is 5.87. The molecule has 0 aliphatic carbocycles. The lowest BCUT2D eigenvalue weighted by atomic mass is 10.2. The Bertz CT molecular complexity index is 440. The molecule has 8 nitrogen and oxygen atoms in total. The highest BCUT2D eigenvalue weighted by molar-refractivity contribution is 6.01. The molecule has 0 saturated carbocycles. The minimum atomic E-state index is -0.308. The van der Waals surface area contributed by atoms with E-state index in [0.717, 1.165) is 25.9 Å². The van der Waals surface area contributed by atoms with Crippen LogP contribution in [0, 0.1) is 0 Å². The minimum Gasteiger partial charge on any atom is -0.368 e. The molecule has 0 bridgehead atoms. The highest BCUT2D eigenvalue weighted by Crippen LogP contribution is 2.16. The summed E-state index contributed by atoms with van der Waals surface area (Å²) in [5.41, 5.74) is 0. The van der Waals surface area contributed by atoms with Crippen molar-refractivity contribution in [3.05, 3.63) is 0 Å². The molecule has 3 heterocycles. The smallest absolute Gasteiger partial charge is 0.324 e. The van der Waals surface area contributed by atoms with Gasteiger partial charge in [-0.1, -0.05) is 0 Å². The number of hydrogen-bond donors (Lipinski definition) is 1. The number of hydrogen-bond acceptors (Lipinski definition) is 5. The Hall–Kier alpha value is -1.67. The highest BCUT2D eigenvalue weighted by atomic mass is 16.5. The van der Waals surface area contributed by atoms with Crippen molar-refractivity contribution in [3.8, 4) is 0 Å². The molecule has 3 fully saturated rings. The van der Waals surface area contributed by atoms with Crippen LogP contribution in [0.3, 0.4) is 0 Å². The van der Waals surface area contributed by atoms with E-state index >= 15 is 0 Å². The number of imide groups is 1. The fraction of sp³-hybridized carbons (Fsp3) is 0.786. The van der Waals surface area contributed by atoms with E-state index in [1.54, 1.807) is 0 Å². The number of rotatable bonds is 4. The molecule has 1 unspecified atom stereocenters. The van der Waals surface area contributed by atoms with E-state index in [2.05, 4.69) is 10.2 Å². The van der Waals surface area contributed by atoms with Gasteiger partial charge >= 0.3 is 6.03 Å². The van der Waals surface area contributed by atoms with Gasteiger partial charge in [0.05, 0.1) is 6.54 Å². The summed E-state index contributed by atoms with van der Waals surface area (Å²) in [5.74, 6) is -0.0663. The zero-order chi connectivity index (χ0) is 15.5. The van der Waals surface area contributed by atoms with Crippen molar-refractivity contribution in [2.45, 2.75) is 18.9 Å². The van der Waals surface area contributed by atoms with Crippen LogP contribution >= 0.6 is 0 Å². The van der Waals surface area contributed by atoms with Crippen LogP contribution < -0.4 is 5.32 Å². The first-order valence-corrected chi connectivity index (χ1v) is 7.86. The molecule has 1 atom stereocenters. The van der Waals surface area contributed by atoms with Crippen molar-refractivity contribution in [2.75, 3.05) is 52.4 Å². The number of nitrogens with one attached hydrogen (secondary N) is 1. The largest absolute Gasteiger partial charge is 0.368 e. The minimum absolute atomic E-state index is 0.0997. The van der Waals surface area contributed by atoms with Crippen molar-refractivity contribution in [3.63, 3.8) is 0 Å². The molecule has 0 spiro atoms. The van der Waals surface area contributed by atoms with Crippen LogP contribution in [-0.2, 0) is 14.3 Å². The van der Waals surface area contributed by atoms with Gasteiger partial charge in [0.2, 0.25) is 5.91 Å². The molecule has 1 N–H and O–H groups in total. The number of piperazine rings is 1.